The summed E-state index contributed by atoms with van der Waals surface area (Å²) in [5, 5.41) is 0. The molecule has 1 aromatic carbocycles. The fourth-order valence-corrected chi connectivity index (χ4v) is 1.69. The van der Waals surface area contributed by atoms with E-state index in [-0.39, 0.29) is 28.2 Å². The number of methoxy groups -OCH3 is 1. The summed E-state index contributed by atoms with van der Waals surface area (Å²) in [6, 6.07) is 5.50. The number of anilines is 2. The topological polar surface area (TPSA) is 91.2 Å². The Kier molecular flexibility index (Phi) is 3.33. The highest BCUT2D eigenvalue weighted by Crippen LogP contribution is 2.32. The van der Waals surface area contributed by atoms with Gasteiger partial charge in [0.2, 0.25) is 0 Å². The molecule has 0 saturated carbocycles. The number of esters is 1. The zero-order valence-corrected chi connectivity index (χ0v) is 10.2. The molecule has 0 aliphatic rings. The Morgan fingerprint density at radius 2 is 2.11 bits per heavy atom. The number of benzene rings is 1. The molecule has 1 aromatic heterocycles. The first-order chi connectivity index (χ1) is 9.04. The van der Waals surface area contributed by atoms with E-state index in [9.17, 15) is 9.18 Å². The van der Waals surface area contributed by atoms with Gasteiger partial charge in [0, 0.05) is 11.8 Å². The van der Waals surface area contributed by atoms with Gasteiger partial charge in [-0.2, -0.15) is 0 Å². The van der Waals surface area contributed by atoms with Crippen LogP contribution in [0.25, 0.3) is 11.3 Å². The van der Waals surface area contributed by atoms with Gasteiger partial charge in [-0.25, -0.2) is 9.18 Å². The number of hydrogen-bond donors (Lipinski definition) is 2. The van der Waals surface area contributed by atoms with E-state index in [2.05, 4.69) is 9.72 Å². The molecule has 98 valence electrons. The molecule has 0 spiro atoms. The van der Waals surface area contributed by atoms with E-state index in [1.54, 1.807) is 0 Å². The number of rotatable bonds is 2. The number of carbonyl (C=O) groups is 1. The summed E-state index contributed by atoms with van der Waals surface area (Å²) in [6.07, 6.45) is 1.43. The Balaban J connectivity index is 2.66. The Labute approximate surface area is 109 Å². The van der Waals surface area contributed by atoms with Gasteiger partial charge in [-0.1, -0.05) is 0 Å². The highest BCUT2D eigenvalue weighted by molar-refractivity contribution is 5.96. The zero-order chi connectivity index (χ0) is 14.0. The summed E-state index contributed by atoms with van der Waals surface area (Å²) in [4.78, 5) is 15.4. The van der Waals surface area contributed by atoms with Gasteiger partial charge in [0.15, 0.2) is 0 Å². The maximum Gasteiger partial charge on any atom is 0.337 e. The third kappa shape index (κ3) is 2.33. The lowest BCUT2D eigenvalue weighted by Crippen LogP contribution is -2.06. The van der Waals surface area contributed by atoms with Gasteiger partial charge < -0.3 is 16.2 Å². The molecule has 4 N–H and O–H groups in total. The second-order valence-corrected chi connectivity index (χ2v) is 3.85. The van der Waals surface area contributed by atoms with Crippen molar-refractivity contribution in [3.05, 3.63) is 41.8 Å². The average molecular weight is 261 g/mol. The minimum atomic E-state index is -0.579. The molecule has 0 amide bonds. The Morgan fingerprint density at radius 1 is 1.37 bits per heavy atom. The quantitative estimate of drug-likeness (QED) is 0.635. The highest BCUT2D eigenvalue weighted by Gasteiger charge is 2.16. The molecule has 5 nitrogen and oxygen atoms in total. The summed E-state index contributed by atoms with van der Waals surface area (Å²) in [6.45, 7) is 0. The van der Waals surface area contributed by atoms with Crippen LogP contribution in [0.4, 0.5) is 15.8 Å². The van der Waals surface area contributed by atoms with Gasteiger partial charge in [0.05, 0.1) is 24.0 Å². The molecule has 2 rings (SSSR count). The van der Waals surface area contributed by atoms with Crippen molar-refractivity contribution in [2.75, 3.05) is 18.6 Å². The normalized spacial score (nSPS) is 10.2. The molecule has 1 heterocycles. The van der Waals surface area contributed by atoms with Crippen LogP contribution in [0.3, 0.4) is 0 Å². The number of pyridine rings is 1. The summed E-state index contributed by atoms with van der Waals surface area (Å²) >= 11 is 0. The predicted molar refractivity (Wildman–Crippen MR) is 69.8 cm³/mol. The third-order valence-electron chi connectivity index (χ3n) is 2.65. The van der Waals surface area contributed by atoms with Crippen LogP contribution < -0.4 is 11.5 Å². The van der Waals surface area contributed by atoms with Crippen molar-refractivity contribution in [1.82, 2.24) is 4.98 Å². The molecule has 0 atom stereocenters. The smallest absolute Gasteiger partial charge is 0.337 e. The highest BCUT2D eigenvalue weighted by atomic mass is 19.1. The lowest BCUT2D eigenvalue weighted by atomic mass is 10.0. The fourth-order valence-electron chi connectivity index (χ4n) is 1.69. The number of nitrogens with zero attached hydrogens (tertiary/aromatic N) is 1. The molecule has 2 aromatic rings. The van der Waals surface area contributed by atoms with Gasteiger partial charge in [-0.05, 0) is 24.3 Å². The van der Waals surface area contributed by atoms with E-state index in [1.165, 1.54) is 37.6 Å². The van der Waals surface area contributed by atoms with Crippen molar-refractivity contribution in [2.45, 2.75) is 0 Å². The molecular formula is C13H12FN3O2. The lowest BCUT2D eigenvalue weighted by Gasteiger charge is -2.10. The third-order valence-corrected chi connectivity index (χ3v) is 2.65. The predicted octanol–water partition coefficient (Wildman–Crippen LogP) is 1.84. The first-order valence-electron chi connectivity index (χ1n) is 5.42. The molecular weight excluding hydrogens is 249 g/mol. The Bertz CT molecular complexity index is 644. The van der Waals surface area contributed by atoms with Crippen molar-refractivity contribution in [3.63, 3.8) is 0 Å². The molecule has 0 radical (unpaired) electrons. The van der Waals surface area contributed by atoms with Crippen molar-refractivity contribution in [1.29, 1.82) is 0 Å². The summed E-state index contributed by atoms with van der Waals surface area (Å²) in [5.41, 5.74) is 12.4. The number of aromatic nitrogens is 1. The number of halogens is 1. The van der Waals surface area contributed by atoms with Gasteiger partial charge in [0.25, 0.3) is 0 Å². The van der Waals surface area contributed by atoms with Crippen LogP contribution in [0.1, 0.15) is 10.4 Å². The number of nitrogen functional groups attached to an aromatic ring is 2. The first kappa shape index (κ1) is 12.8. The van der Waals surface area contributed by atoms with Gasteiger partial charge in [-0.15, -0.1) is 0 Å². The zero-order valence-electron chi connectivity index (χ0n) is 10.2. The molecule has 6 heteroatoms. The number of ether oxygens (including phenoxy) is 1. The van der Waals surface area contributed by atoms with Gasteiger partial charge in [-0.3, -0.25) is 4.98 Å². The molecule has 0 bridgehead atoms. The number of nitrogens with two attached hydrogens (primary N) is 2. The van der Waals surface area contributed by atoms with E-state index < -0.39 is 11.8 Å². The molecule has 0 fully saturated rings. The standard InChI is InChI=1S/C13H12FN3O2/c1-19-13(18)7-5-8(11(16)10(15)6-7)12-9(14)3-2-4-17-12/h2-6H,15-16H2,1H3. The second kappa shape index (κ2) is 4.93. The molecule has 0 aliphatic carbocycles. The second-order valence-electron chi connectivity index (χ2n) is 3.85. The Hall–Kier alpha value is -2.63. The molecule has 0 unspecified atom stereocenters. The lowest BCUT2D eigenvalue weighted by molar-refractivity contribution is 0.0601. The van der Waals surface area contributed by atoms with E-state index >= 15 is 0 Å². The molecule has 0 saturated heterocycles. The minimum Gasteiger partial charge on any atom is -0.465 e. The van der Waals surface area contributed by atoms with Crippen LogP contribution in [0.15, 0.2) is 30.5 Å². The Morgan fingerprint density at radius 3 is 2.74 bits per heavy atom. The summed E-state index contributed by atoms with van der Waals surface area (Å²) in [5.74, 6) is -1.13. The van der Waals surface area contributed by atoms with Crippen LogP contribution in [0.5, 0.6) is 0 Å². The summed E-state index contributed by atoms with van der Waals surface area (Å²) < 4.78 is 18.3. The van der Waals surface area contributed by atoms with E-state index in [4.69, 9.17) is 11.5 Å². The van der Waals surface area contributed by atoms with Crippen molar-refractivity contribution >= 4 is 17.3 Å². The van der Waals surface area contributed by atoms with Crippen LogP contribution in [-0.4, -0.2) is 18.1 Å². The molecule has 0 aliphatic heterocycles. The maximum atomic E-state index is 13.7. The number of hydrogen-bond acceptors (Lipinski definition) is 5. The van der Waals surface area contributed by atoms with Crippen LogP contribution >= 0.6 is 0 Å². The van der Waals surface area contributed by atoms with Gasteiger partial charge in [0.1, 0.15) is 11.5 Å². The van der Waals surface area contributed by atoms with Crippen molar-refractivity contribution in [3.8, 4) is 11.3 Å². The fraction of sp³-hybridized carbons (Fsp3) is 0.0769. The minimum absolute atomic E-state index is 0.0393. The van der Waals surface area contributed by atoms with E-state index in [0.29, 0.717) is 0 Å². The van der Waals surface area contributed by atoms with E-state index in [1.807, 2.05) is 0 Å². The maximum absolute atomic E-state index is 13.7. The molecule has 19 heavy (non-hydrogen) atoms. The van der Waals surface area contributed by atoms with Crippen molar-refractivity contribution < 1.29 is 13.9 Å². The largest absolute Gasteiger partial charge is 0.465 e. The monoisotopic (exact) mass is 261 g/mol. The van der Waals surface area contributed by atoms with Gasteiger partial charge >= 0.3 is 5.97 Å². The van der Waals surface area contributed by atoms with Crippen LogP contribution in [0, 0.1) is 5.82 Å². The van der Waals surface area contributed by atoms with Crippen LogP contribution in [0.2, 0.25) is 0 Å². The van der Waals surface area contributed by atoms with Crippen molar-refractivity contribution in [2.24, 2.45) is 0 Å². The average Bonchev–Trinajstić information content (AvgIpc) is 2.41. The number of carbonyl (C=O) groups excluding carboxylic acids is 1. The van der Waals surface area contributed by atoms with Crippen LogP contribution in [-0.2, 0) is 4.74 Å². The SMILES string of the molecule is COC(=O)c1cc(N)c(N)c(-c2ncccc2F)c1. The van der Waals surface area contributed by atoms with E-state index in [0.717, 1.165) is 0 Å². The first-order valence-corrected chi connectivity index (χ1v) is 5.42. The summed E-state index contributed by atoms with van der Waals surface area (Å²) in [7, 11) is 1.25.